The van der Waals surface area contributed by atoms with Crippen molar-refractivity contribution in [3.63, 3.8) is 0 Å². The second kappa shape index (κ2) is 10.6. The lowest BCUT2D eigenvalue weighted by Gasteiger charge is -2.33. The van der Waals surface area contributed by atoms with Crippen molar-refractivity contribution >= 4 is 27.6 Å². The topological polar surface area (TPSA) is 68.8 Å². The van der Waals surface area contributed by atoms with E-state index in [0.717, 1.165) is 62.8 Å². The lowest BCUT2D eigenvalue weighted by molar-refractivity contribution is 0.0599. The van der Waals surface area contributed by atoms with Crippen molar-refractivity contribution in [1.82, 2.24) is 14.8 Å². The van der Waals surface area contributed by atoms with E-state index < -0.39 is 6.10 Å². The number of hydrogen-bond acceptors (Lipinski definition) is 4. The summed E-state index contributed by atoms with van der Waals surface area (Å²) in [7, 11) is 0. The summed E-state index contributed by atoms with van der Waals surface area (Å²) in [5, 5.41) is 14.2. The summed E-state index contributed by atoms with van der Waals surface area (Å²) in [4.78, 5) is 20.3. The molecular weight excluding hydrogens is 462 g/mol. The minimum absolute atomic E-state index is 0.0479. The van der Waals surface area contributed by atoms with Crippen LogP contribution in [0.3, 0.4) is 0 Å². The summed E-state index contributed by atoms with van der Waals surface area (Å²) in [6, 6.07) is 23.0. The number of benzene rings is 3. The highest BCUT2D eigenvalue weighted by atomic mass is 16.5. The molecule has 192 valence electrons. The largest absolute Gasteiger partial charge is 0.490 e. The molecule has 6 nitrogen and oxygen atoms in total. The van der Waals surface area contributed by atoms with Crippen LogP contribution in [0.25, 0.3) is 21.7 Å². The second-order valence-corrected chi connectivity index (χ2v) is 10.5. The molecule has 0 saturated carbocycles. The third-order valence-electron chi connectivity index (χ3n) is 7.98. The molecule has 1 aromatic heterocycles. The van der Waals surface area contributed by atoms with Gasteiger partial charge in [-0.2, -0.15) is 0 Å². The number of piperidine rings is 1. The average Bonchev–Trinajstić information content (AvgIpc) is 3.63. The van der Waals surface area contributed by atoms with E-state index in [1.165, 1.54) is 16.3 Å². The number of rotatable bonds is 7. The monoisotopic (exact) mass is 497 g/mol. The lowest BCUT2D eigenvalue weighted by atomic mass is 9.88. The number of aromatic nitrogens is 1. The van der Waals surface area contributed by atoms with Gasteiger partial charge < -0.3 is 24.6 Å². The minimum Gasteiger partial charge on any atom is -0.490 e. The van der Waals surface area contributed by atoms with Gasteiger partial charge in [-0.1, -0.05) is 48.5 Å². The fraction of sp³-hybridized carbons (Fsp3) is 0.387. The van der Waals surface area contributed by atoms with E-state index in [2.05, 4.69) is 52.3 Å². The SMILES string of the molecule is O=C(c1cc2c(OCC(O)CN3CCC(c4ccc5ccccc5c4)CC3)cccc2[nH]1)N1CCCC1. The third kappa shape index (κ3) is 5.22. The zero-order chi connectivity index (χ0) is 25.2. The third-order valence-corrected chi connectivity index (χ3v) is 7.98. The van der Waals surface area contributed by atoms with Crippen LogP contribution in [0.4, 0.5) is 0 Å². The van der Waals surface area contributed by atoms with Crippen LogP contribution < -0.4 is 4.74 Å². The van der Waals surface area contributed by atoms with Crippen LogP contribution in [0.1, 0.15) is 47.7 Å². The predicted octanol–water partition coefficient (Wildman–Crippen LogP) is 5.18. The van der Waals surface area contributed by atoms with Gasteiger partial charge in [-0.3, -0.25) is 4.79 Å². The number of aliphatic hydroxyl groups excluding tert-OH is 1. The Kier molecular flexibility index (Phi) is 6.85. The molecule has 0 bridgehead atoms. The number of nitrogens with zero attached hydrogens (tertiary/aromatic N) is 2. The predicted molar refractivity (Wildman–Crippen MR) is 147 cm³/mol. The average molecular weight is 498 g/mol. The Hall–Kier alpha value is -3.35. The van der Waals surface area contributed by atoms with Crippen LogP contribution in [-0.4, -0.2) is 71.2 Å². The number of aliphatic hydroxyl groups is 1. The smallest absolute Gasteiger partial charge is 0.270 e. The molecule has 6 rings (SSSR count). The molecule has 2 saturated heterocycles. The van der Waals surface area contributed by atoms with E-state index in [1.54, 1.807) is 0 Å². The zero-order valence-corrected chi connectivity index (χ0v) is 21.2. The van der Waals surface area contributed by atoms with Crippen LogP contribution in [-0.2, 0) is 0 Å². The maximum Gasteiger partial charge on any atom is 0.270 e. The number of H-pyrrole nitrogens is 1. The molecule has 1 unspecified atom stereocenters. The van der Waals surface area contributed by atoms with Gasteiger partial charge in [-0.25, -0.2) is 0 Å². The molecule has 4 aromatic rings. The zero-order valence-electron chi connectivity index (χ0n) is 21.2. The number of β-amino-alcohol motifs (C(OH)–C–C–N with tert-alkyl or cyclic N) is 1. The molecule has 0 aliphatic carbocycles. The molecule has 0 radical (unpaired) electrons. The Morgan fingerprint density at radius 3 is 2.54 bits per heavy atom. The number of fused-ring (bicyclic) bond motifs is 2. The van der Waals surface area contributed by atoms with Crippen molar-refractivity contribution in [3.05, 3.63) is 78.0 Å². The number of carbonyl (C=O) groups is 1. The van der Waals surface area contributed by atoms with Gasteiger partial charge in [0.15, 0.2) is 0 Å². The maximum absolute atomic E-state index is 12.8. The molecule has 1 amide bonds. The number of likely N-dealkylation sites (tertiary alicyclic amines) is 2. The van der Waals surface area contributed by atoms with Gasteiger partial charge in [0.25, 0.3) is 5.91 Å². The number of hydrogen-bond donors (Lipinski definition) is 2. The molecule has 3 aromatic carbocycles. The molecule has 2 aliphatic rings. The summed E-state index contributed by atoms with van der Waals surface area (Å²) in [5.41, 5.74) is 2.90. The standard InChI is InChI=1S/C31H35N3O3/c35-26(20-33-16-12-23(13-17-33)25-11-10-22-6-1-2-7-24(22)18-25)21-37-30-9-5-8-28-27(30)19-29(32-28)31(36)34-14-3-4-15-34/h1-2,5-11,18-19,23,26,32,35H,3-4,12-17,20-21H2. The van der Waals surface area contributed by atoms with Gasteiger partial charge in [0, 0.05) is 30.5 Å². The summed E-state index contributed by atoms with van der Waals surface area (Å²) in [6.45, 7) is 4.43. The van der Waals surface area contributed by atoms with Gasteiger partial charge in [0.2, 0.25) is 0 Å². The molecule has 0 spiro atoms. The highest BCUT2D eigenvalue weighted by Crippen LogP contribution is 2.31. The fourth-order valence-electron chi connectivity index (χ4n) is 5.91. The number of amides is 1. The molecule has 37 heavy (non-hydrogen) atoms. The Bertz CT molecular complexity index is 1380. The molecule has 6 heteroatoms. The van der Waals surface area contributed by atoms with E-state index in [4.69, 9.17) is 4.74 Å². The first kappa shape index (κ1) is 24.0. The number of nitrogens with one attached hydrogen (secondary N) is 1. The molecular formula is C31H35N3O3. The molecule has 1 atom stereocenters. The summed E-state index contributed by atoms with van der Waals surface area (Å²) in [5.74, 6) is 1.31. The summed E-state index contributed by atoms with van der Waals surface area (Å²) < 4.78 is 6.05. The van der Waals surface area contributed by atoms with Crippen molar-refractivity contribution < 1.29 is 14.6 Å². The van der Waals surface area contributed by atoms with Crippen molar-refractivity contribution in [2.24, 2.45) is 0 Å². The first-order valence-corrected chi connectivity index (χ1v) is 13.6. The van der Waals surface area contributed by atoms with E-state index >= 15 is 0 Å². The van der Waals surface area contributed by atoms with Gasteiger partial charge in [0.05, 0.1) is 0 Å². The normalized spacial score (nSPS) is 18.0. The van der Waals surface area contributed by atoms with Crippen molar-refractivity contribution in [2.45, 2.75) is 37.7 Å². The number of aromatic amines is 1. The van der Waals surface area contributed by atoms with Crippen molar-refractivity contribution in [3.8, 4) is 5.75 Å². The summed E-state index contributed by atoms with van der Waals surface area (Å²) >= 11 is 0. The maximum atomic E-state index is 12.8. The van der Waals surface area contributed by atoms with E-state index in [-0.39, 0.29) is 12.5 Å². The van der Waals surface area contributed by atoms with Crippen LogP contribution >= 0.6 is 0 Å². The van der Waals surface area contributed by atoms with Gasteiger partial charge >= 0.3 is 0 Å². The Labute approximate surface area is 217 Å². The lowest BCUT2D eigenvalue weighted by Crippen LogP contribution is -2.40. The van der Waals surface area contributed by atoms with Crippen LogP contribution in [0.5, 0.6) is 5.75 Å². The number of carbonyl (C=O) groups excluding carboxylic acids is 1. The quantitative estimate of drug-likeness (QED) is 0.369. The number of ether oxygens (including phenoxy) is 1. The highest BCUT2D eigenvalue weighted by Gasteiger charge is 2.24. The molecule has 2 fully saturated rings. The van der Waals surface area contributed by atoms with Crippen molar-refractivity contribution in [2.75, 3.05) is 39.3 Å². The van der Waals surface area contributed by atoms with Crippen LogP contribution in [0, 0.1) is 0 Å². The molecule has 3 heterocycles. The second-order valence-electron chi connectivity index (χ2n) is 10.5. The van der Waals surface area contributed by atoms with E-state index in [1.807, 2.05) is 29.2 Å². The minimum atomic E-state index is -0.572. The van der Waals surface area contributed by atoms with Crippen LogP contribution in [0.15, 0.2) is 66.7 Å². The van der Waals surface area contributed by atoms with E-state index in [9.17, 15) is 9.90 Å². The Morgan fingerprint density at radius 1 is 0.946 bits per heavy atom. The Morgan fingerprint density at radius 2 is 1.73 bits per heavy atom. The first-order valence-electron chi connectivity index (χ1n) is 13.6. The Balaban J connectivity index is 1.02. The van der Waals surface area contributed by atoms with Crippen molar-refractivity contribution in [1.29, 1.82) is 0 Å². The van der Waals surface area contributed by atoms with Gasteiger partial charge in [-0.05, 0) is 79.2 Å². The van der Waals surface area contributed by atoms with Gasteiger partial charge in [0.1, 0.15) is 24.2 Å². The first-order chi connectivity index (χ1) is 18.1. The molecule has 2 N–H and O–H groups in total. The van der Waals surface area contributed by atoms with Gasteiger partial charge in [-0.15, -0.1) is 0 Å². The summed E-state index contributed by atoms with van der Waals surface area (Å²) in [6.07, 6.45) is 3.76. The highest BCUT2D eigenvalue weighted by molar-refractivity contribution is 5.99. The van der Waals surface area contributed by atoms with Crippen LogP contribution in [0.2, 0.25) is 0 Å². The molecule has 2 aliphatic heterocycles. The van der Waals surface area contributed by atoms with E-state index in [0.29, 0.717) is 23.9 Å². The fourth-order valence-corrected chi connectivity index (χ4v) is 5.91.